The second-order valence-corrected chi connectivity index (χ2v) is 3.75. The summed E-state index contributed by atoms with van der Waals surface area (Å²) in [6.07, 6.45) is 0. The first kappa shape index (κ1) is 14.2. The Labute approximate surface area is 111 Å². The highest BCUT2D eigenvalue weighted by Gasteiger charge is 2.06. The van der Waals surface area contributed by atoms with Gasteiger partial charge >= 0.3 is 0 Å². The third-order valence-corrected chi connectivity index (χ3v) is 2.49. The van der Waals surface area contributed by atoms with Crippen molar-refractivity contribution < 1.29 is 4.92 Å². The van der Waals surface area contributed by atoms with Crippen LogP contribution in [0, 0.1) is 10.1 Å². The molecule has 0 saturated heterocycles. The van der Waals surface area contributed by atoms with Crippen LogP contribution in [0.5, 0.6) is 0 Å². The number of nitro benzene ring substituents is 1. The molecule has 0 fully saturated rings. The molecular formula is C14H14ClNO2. The van der Waals surface area contributed by atoms with Gasteiger partial charge in [0.1, 0.15) is 0 Å². The number of nitrogens with zero attached hydrogens (tertiary/aromatic N) is 1. The quantitative estimate of drug-likeness (QED) is 0.569. The molecule has 0 N–H and O–H groups in total. The molecule has 0 atom stereocenters. The number of hydrogen-bond acceptors (Lipinski definition) is 2. The summed E-state index contributed by atoms with van der Waals surface area (Å²) >= 11 is 5.77. The molecule has 2 aromatic rings. The average molecular weight is 264 g/mol. The van der Waals surface area contributed by atoms with Crippen LogP contribution in [-0.4, -0.2) is 4.92 Å². The van der Waals surface area contributed by atoms with E-state index >= 15 is 0 Å². The summed E-state index contributed by atoms with van der Waals surface area (Å²) in [5.74, 6) is 0. The van der Waals surface area contributed by atoms with Crippen molar-refractivity contribution in [3.63, 3.8) is 0 Å². The lowest BCUT2D eigenvalue weighted by atomic mass is 10.1. The van der Waals surface area contributed by atoms with Crippen molar-refractivity contribution in [2.45, 2.75) is 13.8 Å². The predicted molar refractivity (Wildman–Crippen MR) is 74.9 cm³/mol. The largest absolute Gasteiger partial charge is 0.270 e. The minimum atomic E-state index is -0.403. The molecule has 3 nitrogen and oxygen atoms in total. The zero-order valence-corrected chi connectivity index (χ0v) is 11.0. The monoisotopic (exact) mass is 263 g/mol. The topological polar surface area (TPSA) is 43.1 Å². The molecule has 0 bridgehead atoms. The molecule has 4 heteroatoms. The van der Waals surface area contributed by atoms with Crippen LogP contribution in [0.3, 0.4) is 0 Å². The van der Waals surface area contributed by atoms with Crippen molar-refractivity contribution in [3.8, 4) is 11.1 Å². The van der Waals surface area contributed by atoms with Gasteiger partial charge in [-0.1, -0.05) is 49.7 Å². The maximum Gasteiger partial charge on any atom is 0.270 e. The van der Waals surface area contributed by atoms with E-state index in [0.29, 0.717) is 5.02 Å². The lowest BCUT2D eigenvalue weighted by molar-refractivity contribution is -0.384. The summed E-state index contributed by atoms with van der Waals surface area (Å²) in [6.45, 7) is 4.00. The number of nitro groups is 1. The zero-order chi connectivity index (χ0) is 13.5. The fraction of sp³-hybridized carbons (Fsp3) is 0.143. The number of non-ortho nitro benzene ring substituents is 1. The lowest BCUT2D eigenvalue weighted by Gasteiger charge is -2.01. The molecule has 0 aliphatic heterocycles. The van der Waals surface area contributed by atoms with Crippen LogP contribution in [0.1, 0.15) is 13.8 Å². The van der Waals surface area contributed by atoms with E-state index < -0.39 is 4.92 Å². The summed E-state index contributed by atoms with van der Waals surface area (Å²) in [7, 11) is 0. The van der Waals surface area contributed by atoms with E-state index in [1.54, 1.807) is 24.3 Å². The summed E-state index contributed by atoms with van der Waals surface area (Å²) in [6, 6.07) is 13.7. The molecule has 2 aromatic carbocycles. The van der Waals surface area contributed by atoms with E-state index in [1.165, 1.54) is 6.07 Å². The van der Waals surface area contributed by atoms with E-state index in [4.69, 9.17) is 11.6 Å². The Morgan fingerprint density at radius 1 is 1.00 bits per heavy atom. The smallest absolute Gasteiger partial charge is 0.258 e. The summed E-state index contributed by atoms with van der Waals surface area (Å²) in [5.41, 5.74) is 1.81. The Kier molecular flexibility index (Phi) is 5.33. The van der Waals surface area contributed by atoms with Gasteiger partial charge in [-0.3, -0.25) is 10.1 Å². The van der Waals surface area contributed by atoms with Gasteiger partial charge in [-0.15, -0.1) is 0 Å². The molecule has 0 spiro atoms. The third-order valence-electron chi connectivity index (χ3n) is 2.23. The van der Waals surface area contributed by atoms with E-state index in [0.717, 1.165) is 11.1 Å². The number of halogens is 1. The average Bonchev–Trinajstić information content (AvgIpc) is 2.42. The van der Waals surface area contributed by atoms with Gasteiger partial charge < -0.3 is 0 Å². The van der Waals surface area contributed by atoms with Gasteiger partial charge in [-0.25, -0.2) is 0 Å². The van der Waals surface area contributed by atoms with E-state index in [2.05, 4.69) is 0 Å². The molecule has 2 rings (SSSR count). The van der Waals surface area contributed by atoms with Gasteiger partial charge in [0.25, 0.3) is 5.69 Å². The molecule has 0 amide bonds. The predicted octanol–water partition coefficient (Wildman–Crippen LogP) is 4.94. The molecule has 0 aliphatic carbocycles. The molecule has 0 radical (unpaired) electrons. The number of hydrogen-bond donors (Lipinski definition) is 0. The van der Waals surface area contributed by atoms with Crippen LogP contribution in [0.2, 0.25) is 5.02 Å². The second-order valence-electron chi connectivity index (χ2n) is 3.31. The first-order chi connectivity index (χ1) is 8.66. The third kappa shape index (κ3) is 3.57. The number of benzene rings is 2. The van der Waals surface area contributed by atoms with Crippen LogP contribution < -0.4 is 0 Å². The van der Waals surface area contributed by atoms with Crippen LogP contribution in [0.4, 0.5) is 5.69 Å². The molecule has 0 saturated carbocycles. The van der Waals surface area contributed by atoms with Crippen LogP contribution in [0.15, 0.2) is 48.5 Å². The van der Waals surface area contributed by atoms with Crippen molar-refractivity contribution in [1.82, 2.24) is 0 Å². The summed E-state index contributed by atoms with van der Waals surface area (Å²) < 4.78 is 0. The maximum atomic E-state index is 10.6. The van der Waals surface area contributed by atoms with Crippen LogP contribution in [0.25, 0.3) is 11.1 Å². The second kappa shape index (κ2) is 6.77. The van der Waals surface area contributed by atoms with E-state index in [-0.39, 0.29) is 5.69 Å². The SMILES string of the molecule is CC.O=[N+]([O-])c1cccc(-c2ccc(Cl)cc2)c1. The summed E-state index contributed by atoms with van der Waals surface area (Å²) in [5, 5.41) is 11.3. The molecule has 0 aliphatic rings. The highest BCUT2D eigenvalue weighted by atomic mass is 35.5. The molecule has 94 valence electrons. The van der Waals surface area contributed by atoms with Crippen molar-refractivity contribution in [2.24, 2.45) is 0 Å². The van der Waals surface area contributed by atoms with Crippen molar-refractivity contribution in [1.29, 1.82) is 0 Å². The van der Waals surface area contributed by atoms with Gasteiger partial charge in [-0.05, 0) is 23.3 Å². The van der Waals surface area contributed by atoms with Gasteiger partial charge in [0.05, 0.1) is 4.92 Å². The maximum absolute atomic E-state index is 10.6. The van der Waals surface area contributed by atoms with Crippen LogP contribution in [-0.2, 0) is 0 Å². The first-order valence-electron chi connectivity index (χ1n) is 5.67. The van der Waals surface area contributed by atoms with E-state index in [9.17, 15) is 10.1 Å². The molecule has 0 unspecified atom stereocenters. The standard InChI is InChI=1S/C12H8ClNO2.C2H6/c13-11-6-4-9(5-7-11)10-2-1-3-12(8-10)14(15)16;1-2/h1-8H;1-2H3. The Hall–Kier alpha value is -1.87. The first-order valence-corrected chi connectivity index (χ1v) is 6.05. The normalized spacial score (nSPS) is 9.28. The Balaban J connectivity index is 0.000000771. The van der Waals surface area contributed by atoms with Crippen molar-refractivity contribution >= 4 is 17.3 Å². The molecule has 18 heavy (non-hydrogen) atoms. The highest BCUT2D eigenvalue weighted by Crippen LogP contribution is 2.24. The Bertz CT molecular complexity index is 524. The minimum absolute atomic E-state index is 0.0902. The Morgan fingerprint density at radius 2 is 1.61 bits per heavy atom. The van der Waals surface area contributed by atoms with Gasteiger partial charge in [0, 0.05) is 17.2 Å². The fourth-order valence-corrected chi connectivity index (χ4v) is 1.57. The zero-order valence-electron chi connectivity index (χ0n) is 10.3. The fourth-order valence-electron chi connectivity index (χ4n) is 1.44. The Morgan fingerprint density at radius 3 is 2.17 bits per heavy atom. The lowest BCUT2D eigenvalue weighted by Crippen LogP contribution is -1.87. The molecule has 0 aromatic heterocycles. The molecular weight excluding hydrogens is 250 g/mol. The van der Waals surface area contributed by atoms with Gasteiger partial charge in [0.2, 0.25) is 0 Å². The summed E-state index contributed by atoms with van der Waals surface area (Å²) in [4.78, 5) is 10.2. The van der Waals surface area contributed by atoms with Gasteiger partial charge in [0.15, 0.2) is 0 Å². The minimum Gasteiger partial charge on any atom is -0.258 e. The van der Waals surface area contributed by atoms with E-state index in [1.807, 2.05) is 32.0 Å². The van der Waals surface area contributed by atoms with Crippen molar-refractivity contribution in [3.05, 3.63) is 63.7 Å². The molecule has 0 heterocycles. The van der Waals surface area contributed by atoms with Crippen LogP contribution >= 0.6 is 11.6 Å². The highest BCUT2D eigenvalue weighted by molar-refractivity contribution is 6.30. The number of rotatable bonds is 2. The van der Waals surface area contributed by atoms with Gasteiger partial charge in [-0.2, -0.15) is 0 Å². The van der Waals surface area contributed by atoms with Crippen molar-refractivity contribution in [2.75, 3.05) is 0 Å².